The zero-order chi connectivity index (χ0) is 12.1. The van der Waals surface area contributed by atoms with Gasteiger partial charge in [0.1, 0.15) is 0 Å². The highest BCUT2D eigenvalue weighted by Crippen LogP contribution is 2.19. The lowest BCUT2D eigenvalue weighted by atomic mass is 10.2. The van der Waals surface area contributed by atoms with Crippen LogP contribution in [0.5, 0.6) is 0 Å². The molecule has 1 aromatic carbocycles. The van der Waals surface area contributed by atoms with Gasteiger partial charge in [0.15, 0.2) is 0 Å². The van der Waals surface area contributed by atoms with E-state index in [2.05, 4.69) is 16.7 Å². The maximum absolute atomic E-state index is 11.5. The summed E-state index contributed by atoms with van der Waals surface area (Å²) in [6, 6.07) is 8.78. The van der Waals surface area contributed by atoms with Gasteiger partial charge in [-0.2, -0.15) is 0 Å². The summed E-state index contributed by atoms with van der Waals surface area (Å²) in [7, 11) is 0. The summed E-state index contributed by atoms with van der Waals surface area (Å²) in [5.74, 6) is 0.0970. The van der Waals surface area contributed by atoms with Crippen molar-refractivity contribution in [1.29, 1.82) is 0 Å². The van der Waals surface area contributed by atoms with Crippen LogP contribution in [0.15, 0.2) is 24.3 Å². The first-order valence-electron chi connectivity index (χ1n) is 6.40. The summed E-state index contributed by atoms with van der Waals surface area (Å²) in [4.78, 5) is 11.5. The van der Waals surface area contributed by atoms with Crippen LogP contribution in [0.25, 0.3) is 0 Å². The Kier molecular flexibility index (Phi) is 4.15. The second-order valence-electron chi connectivity index (χ2n) is 4.65. The van der Waals surface area contributed by atoms with Crippen LogP contribution in [0.3, 0.4) is 0 Å². The lowest BCUT2D eigenvalue weighted by molar-refractivity contribution is -0.116. The van der Waals surface area contributed by atoms with E-state index < -0.39 is 0 Å². The molecule has 1 saturated carbocycles. The van der Waals surface area contributed by atoms with Crippen LogP contribution in [0.2, 0.25) is 0 Å². The number of hydrogen-bond donors (Lipinski definition) is 2. The number of benzene rings is 1. The van der Waals surface area contributed by atoms with E-state index >= 15 is 0 Å². The number of carbonyl (C=O) groups excluding carboxylic acids is 1. The van der Waals surface area contributed by atoms with Crippen LogP contribution in [-0.2, 0) is 11.3 Å². The van der Waals surface area contributed by atoms with Crippen molar-refractivity contribution in [2.24, 2.45) is 0 Å². The van der Waals surface area contributed by atoms with Gasteiger partial charge in [0, 0.05) is 24.7 Å². The molecule has 0 aromatic heterocycles. The molecule has 0 atom stereocenters. The molecule has 92 valence electrons. The Balaban J connectivity index is 1.88. The minimum Gasteiger partial charge on any atom is -0.326 e. The predicted molar refractivity (Wildman–Crippen MR) is 69.8 cm³/mol. The van der Waals surface area contributed by atoms with E-state index in [0.717, 1.165) is 18.7 Å². The Morgan fingerprint density at radius 1 is 1.41 bits per heavy atom. The fraction of sp³-hybridized carbons (Fsp3) is 0.500. The molecule has 0 spiro atoms. The minimum absolute atomic E-state index is 0.0970. The molecule has 2 rings (SSSR count). The Labute approximate surface area is 103 Å². The van der Waals surface area contributed by atoms with E-state index in [1.165, 1.54) is 18.4 Å². The van der Waals surface area contributed by atoms with Gasteiger partial charge in [-0.15, -0.1) is 0 Å². The van der Waals surface area contributed by atoms with Gasteiger partial charge in [0.25, 0.3) is 0 Å². The van der Waals surface area contributed by atoms with Crippen molar-refractivity contribution in [2.75, 3.05) is 5.32 Å². The molecule has 0 heterocycles. The molecule has 1 aromatic rings. The van der Waals surface area contributed by atoms with Gasteiger partial charge in [0.05, 0.1) is 0 Å². The van der Waals surface area contributed by atoms with Crippen molar-refractivity contribution in [2.45, 2.75) is 45.2 Å². The maximum atomic E-state index is 11.5. The molecule has 2 N–H and O–H groups in total. The molecule has 1 amide bonds. The van der Waals surface area contributed by atoms with E-state index in [1.807, 2.05) is 25.1 Å². The standard InChI is InChI=1S/C14H20N2O/c1-2-4-14(17)16-13-6-3-5-11(9-13)10-15-12-7-8-12/h3,5-6,9,12,15H,2,4,7-8,10H2,1H3,(H,16,17). The molecular formula is C14H20N2O. The topological polar surface area (TPSA) is 41.1 Å². The summed E-state index contributed by atoms with van der Waals surface area (Å²) >= 11 is 0. The SMILES string of the molecule is CCCC(=O)Nc1cccc(CNC2CC2)c1. The lowest BCUT2D eigenvalue weighted by Crippen LogP contribution is -2.16. The molecule has 1 aliphatic rings. The number of rotatable bonds is 6. The van der Waals surface area contributed by atoms with E-state index in [1.54, 1.807) is 0 Å². The molecule has 1 aliphatic carbocycles. The molecule has 1 fully saturated rings. The van der Waals surface area contributed by atoms with Crippen molar-refractivity contribution in [3.05, 3.63) is 29.8 Å². The summed E-state index contributed by atoms with van der Waals surface area (Å²) in [6.45, 7) is 2.90. The lowest BCUT2D eigenvalue weighted by Gasteiger charge is -2.07. The fourth-order valence-electron chi connectivity index (χ4n) is 1.76. The third kappa shape index (κ3) is 4.19. The van der Waals surface area contributed by atoms with Gasteiger partial charge < -0.3 is 10.6 Å². The largest absolute Gasteiger partial charge is 0.326 e. The Bertz CT molecular complexity index is 386. The Morgan fingerprint density at radius 2 is 2.24 bits per heavy atom. The fourth-order valence-corrected chi connectivity index (χ4v) is 1.76. The Hall–Kier alpha value is -1.35. The first kappa shape index (κ1) is 12.1. The second kappa shape index (κ2) is 5.82. The van der Waals surface area contributed by atoms with Gasteiger partial charge in [-0.1, -0.05) is 19.1 Å². The molecule has 0 saturated heterocycles. The average molecular weight is 232 g/mol. The smallest absolute Gasteiger partial charge is 0.224 e. The van der Waals surface area contributed by atoms with Gasteiger partial charge in [-0.05, 0) is 37.0 Å². The number of hydrogen-bond acceptors (Lipinski definition) is 2. The van der Waals surface area contributed by atoms with E-state index in [-0.39, 0.29) is 5.91 Å². The van der Waals surface area contributed by atoms with Gasteiger partial charge in [-0.25, -0.2) is 0 Å². The van der Waals surface area contributed by atoms with Crippen LogP contribution in [0, 0.1) is 0 Å². The van der Waals surface area contributed by atoms with Crippen molar-refractivity contribution in [3.8, 4) is 0 Å². The van der Waals surface area contributed by atoms with Crippen molar-refractivity contribution in [3.63, 3.8) is 0 Å². The van der Waals surface area contributed by atoms with Crippen LogP contribution < -0.4 is 10.6 Å². The summed E-state index contributed by atoms with van der Waals surface area (Å²) in [5, 5.41) is 6.39. The van der Waals surface area contributed by atoms with Crippen LogP contribution >= 0.6 is 0 Å². The van der Waals surface area contributed by atoms with E-state index in [4.69, 9.17) is 0 Å². The Morgan fingerprint density at radius 3 is 2.94 bits per heavy atom. The molecule has 0 bridgehead atoms. The van der Waals surface area contributed by atoms with Gasteiger partial charge >= 0.3 is 0 Å². The maximum Gasteiger partial charge on any atom is 0.224 e. The van der Waals surface area contributed by atoms with Gasteiger partial charge in [0.2, 0.25) is 5.91 Å². The van der Waals surface area contributed by atoms with Crippen molar-refractivity contribution in [1.82, 2.24) is 5.32 Å². The zero-order valence-electron chi connectivity index (χ0n) is 10.3. The normalized spacial score (nSPS) is 14.6. The molecule has 3 heteroatoms. The quantitative estimate of drug-likeness (QED) is 0.791. The van der Waals surface area contributed by atoms with Crippen LogP contribution in [0.1, 0.15) is 38.2 Å². The second-order valence-corrected chi connectivity index (χ2v) is 4.65. The molecule has 0 radical (unpaired) electrons. The van der Waals surface area contributed by atoms with E-state index in [0.29, 0.717) is 12.5 Å². The average Bonchev–Trinajstić information content (AvgIpc) is 3.11. The van der Waals surface area contributed by atoms with Crippen molar-refractivity contribution < 1.29 is 4.79 Å². The summed E-state index contributed by atoms with van der Waals surface area (Å²) < 4.78 is 0. The highest BCUT2D eigenvalue weighted by molar-refractivity contribution is 5.90. The third-order valence-corrected chi connectivity index (χ3v) is 2.86. The predicted octanol–water partition coefficient (Wildman–Crippen LogP) is 2.68. The highest BCUT2D eigenvalue weighted by Gasteiger charge is 2.19. The summed E-state index contributed by atoms with van der Waals surface area (Å²) in [5.41, 5.74) is 2.13. The molecule has 0 unspecified atom stereocenters. The van der Waals surface area contributed by atoms with Gasteiger partial charge in [-0.3, -0.25) is 4.79 Å². The number of carbonyl (C=O) groups is 1. The number of anilines is 1. The van der Waals surface area contributed by atoms with Crippen molar-refractivity contribution >= 4 is 11.6 Å². The first-order valence-corrected chi connectivity index (χ1v) is 6.40. The first-order chi connectivity index (χ1) is 8.28. The summed E-state index contributed by atoms with van der Waals surface area (Å²) in [6.07, 6.45) is 4.07. The minimum atomic E-state index is 0.0970. The van der Waals surface area contributed by atoms with Crippen LogP contribution in [0.4, 0.5) is 5.69 Å². The monoisotopic (exact) mass is 232 g/mol. The zero-order valence-corrected chi connectivity index (χ0v) is 10.3. The number of nitrogens with one attached hydrogen (secondary N) is 2. The number of amides is 1. The van der Waals surface area contributed by atoms with Crippen LogP contribution in [-0.4, -0.2) is 11.9 Å². The molecule has 17 heavy (non-hydrogen) atoms. The molecular weight excluding hydrogens is 212 g/mol. The molecule has 0 aliphatic heterocycles. The molecule has 3 nitrogen and oxygen atoms in total. The highest BCUT2D eigenvalue weighted by atomic mass is 16.1. The van der Waals surface area contributed by atoms with E-state index in [9.17, 15) is 4.79 Å². The third-order valence-electron chi connectivity index (χ3n) is 2.86.